The average molecular weight is 342 g/mol. The highest BCUT2D eigenvalue weighted by atomic mass is 16.5. The van der Waals surface area contributed by atoms with Crippen LogP contribution in [0.1, 0.15) is 24.5 Å². The highest BCUT2D eigenvalue weighted by Gasteiger charge is 2.28. The van der Waals surface area contributed by atoms with E-state index in [2.05, 4.69) is 15.3 Å². The summed E-state index contributed by atoms with van der Waals surface area (Å²) < 4.78 is 5.02. The van der Waals surface area contributed by atoms with E-state index in [-0.39, 0.29) is 11.9 Å². The van der Waals surface area contributed by atoms with E-state index in [4.69, 9.17) is 4.74 Å². The van der Waals surface area contributed by atoms with Gasteiger partial charge in [0, 0.05) is 19.2 Å². The molecule has 2 amide bonds. The number of benzene rings is 1. The Bertz CT molecular complexity index is 702. The summed E-state index contributed by atoms with van der Waals surface area (Å²) in [7, 11) is 1.51. The number of nitrogens with one attached hydrogen (secondary N) is 1. The van der Waals surface area contributed by atoms with Crippen LogP contribution in [0.25, 0.3) is 0 Å². The summed E-state index contributed by atoms with van der Waals surface area (Å²) in [5, 5.41) is 13.3. The summed E-state index contributed by atoms with van der Waals surface area (Å²) in [6.07, 6.45) is 2.38. The van der Waals surface area contributed by atoms with Crippen molar-refractivity contribution in [1.82, 2.24) is 14.9 Å². The number of likely N-dealkylation sites (tertiary alicyclic amines) is 1. The van der Waals surface area contributed by atoms with Crippen LogP contribution >= 0.6 is 0 Å². The molecule has 0 aliphatic carbocycles. The van der Waals surface area contributed by atoms with Gasteiger partial charge >= 0.3 is 6.03 Å². The fourth-order valence-corrected chi connectivity index (χ4v) is 3.05. The van der Waals surface area contributed by atoms with Crippen LogP contribution in [0.3, 0.4) is 0 Å². The van der Waals surface area contributed by atoms with Crippen molar-refractivity contribution < 1.29 is 14.6 Å². The summed E-state index contributed by atoms with van der Waals surface area (Å²) in [6, 6.07) is 11.0. The number of aliphatic hydroxyl groups excluding tert-OH is 1. The Morgan fingerprint density at radius 1 is 1.28 bits per heavy atom. The number of urea groups is 1. The van der Waals surface area contributed by atoms with E-state index >= 15 is 0 Å². The Morgan fingerprint density at radius 3 is 2.68 bits per heavy atom. The number of methoxy groups -OCH3 is 1. The van der Waals surface area contributed by atoms with E-state index in [0.717, 1.165) is 18.4 Å². The number of aromatic nitrogens is 2. The maximum atomic E-state index is 12.4. The molecule has 1 aliphatic heterocycles. The number of rotatable bonds is 4. The van der Waals surface area contributed by atoms with Crippen LogP contribution in [0.5, 0.6) is 5.88 Å². The molecule has 1 atom stereocenters. The number of amides is 2. The van der Waals surface area contributed by atoms with E-state index in [1.165, 1.54) is 13.4 Å². The maximum Gasteiger partial charge on any atom is 0.323 e. The predicted molar refractivity (Wildman–Crippen MR) is 93.3 cm³/mol. The number of hydrogen-bond acceptors (Lipinski definition) is 5. The minimum Gasteiger partial charge on any atom is -0.481 e. The highest BCUT2D eigenvalue weighted by Crippen LogP contribution is 2.30. The van der Waals surface area contributed by atoms with Gasteiger partial charge in [0.25, 0.3) is 0 Å². The number of carbonyl (C=O) groups is 1. The molecule has 25 heavy (non-hydrogen) atoms. The Balaban J connectivity index is 1.54. The van der Waals surface area contributed by atoms with Gasteiger partial charge in [-0.25, -0.2) is 14.8 Å². The number of aliphatic hydroxyl groups is 1. The fraction of sp³-hybridized carbons (Fsp3) is 0.389. The first-order valence-electron chi connectivity index (χ1n) is 8.32. The molecule has 1 saturated heterocycles. The van der Waals surface area contributed by atoms with Crippen LogP contribution in [-0.4, -0.2) is 46.2 Å². The van der Waals surface area contributed by atoms with Gasteiger partial charge in [-0.1, -0.05) is 30.3 Å². The third-order valence-electron chi connectivity index (χ3n) is 4.50. The molecule has 2 aromatic rings. The van der Waals surface area contributed by atoms with E-state index in [0.29, 0.717) is 24.8 Å². The zero-order valence-corrected chi connectivity index (χ0v) is 14.1. The Hall–Kier alpha value is -2.67. The molecule has 1 aliphatic rings. The molecular formula is C18H22N4O3. The van der Waals surface area contributed by atoms with Crippen molar-refractivity contribution in [3.8, 4) is 5.88 Å². The van der Waals surface area contributed by atoms with Crippen molar-refractivity contribution in [2.24, 2.45) is 5.92 Å². The Labute approximate surface area is 146 Å². The summed E-state index contributed by atoms with van der Waals surface area (Å²) in [6.45, 7) is 1.20. The molecule has 0 spiro atoms. The van der Waals surface area contributed by atoms with E-state index < -0.39 is 6.10 Å². The lowest BCUT2D eigenvalue weighted by Gasteiger charge is -2.34. The summed E-state index contributed by atoms with van der Waals surface area (Å²) in [5.74, 6) is 0.962. The minimum absolute atomic E-state index is 0.158. The molecule has 0 bridgehead atoms. The molecule has 132 valence electrons. The zero-order valence-electron chi connectivity index (χ0n) is 14.1. The molecule has 2 N–H and O–H groups in total. The second kappa shape index (κ2) is 7.94. The number of nitrogens with zero attached hydrogens (tertiary/aromatic N) is 3. The third kappa shape index (κ3) is 4.24. The van der Waals surface area contributed by atoms with Crippen LogP contribution in [-0.2, 0) is 0 Å². The van der Waals surface area contributed by atoms with E-state index in [9.17, 15) is 9.90 Å². The molecule has 2 heterocycles. The van der Waals surface area contributed by atoms with Crippen molar-refractivity contribution in [1.29, 1.82) is 0 Å². The largest absolute Gasteiger partial charge is 0.481 e. The van der Waals surface area contributed by atoms with Crippen molar-refractivity contribution in [3.05, 3.63) is 48.3 Å². The SMILES string of the molecule is COc1cc(NC(=O)N2CCC([C@H](O)c3ccccc3)CC2)ncn1. The molecule has 0 unspecified atom stereocenters. The summed E-state index contributed by atoms with van der Waals surface area (Å²) in [4.78, 5) is 22.0. The summed E-state index contributed by atoms with van der Waals surface area (Å²) in [5.41, 5.74) is 0.929. The van der Waals surface area contributed by atoms with E-state index in [1.807, 2.05) is 30.3 Å². The molecule has 1 aromatic carbocycles. The van der Waals surface area contributed by atoms with Gasteiger partial charge in [0.1, 0.15) is 12.1 Å². The number of hydrogen-bond donors (Lipinski definition) is 2. The average Bonchev–Trinajstić information content (AvgIpc) is 2.68. The molecular weight excluding hydrogens is 320 g/mol. The number of anilines is 1. The lowest BCUT2D eigenvalue weighted by atomic mass is 9.87. The zero-order chi connectivity index (χ0) is 17.6. The van der Waals surface area contributed by atoms with Gasteiger partial charge in [0.05, 0.1) is 13.2 Å². The number of piperidine rings is 1. The lowest BCUT2D eigenvalue weighted by Crippen LogP contribution is -2.42. The van der Waals surface area contributed by atoms with Crippen LogP contribution < -0.4 is 10.1 Å². The quantitative estimate of drug-likeness (QED) is 0.891. The second-order valence-corrected chi connectivity index (χ2v) is 6.06. The van der Waals surface area contributed by atoms with Gasteiger partial charge in [0.15, 0.2) is 0 Å². The fourth-order valence-electron chi connectivity index (χ4n) is 3.05. The lowest BCUT2D eigenvalue weighted by molar-refractivity contribution is 0.0683. The van der Waals surface area contributed by atoms with Crippen molar-refractivity contribution in [3.63, 3.8) is 0 Å². The topological polar surface area (TPSA) is 87.6 Å². The maximum absolute atomic E-state index is 12.4. The van der Waals surface area contributed by atoms with Gasteiger partial charge in [-0.2, -0.15) is 0 Å². The van der Waals surface area contributed by atoms with Gasteiger partial charge in [-0.3, -0.25) is 5.32 Å². The predicted octanol–water partition coefficient (Wildman–Crippen LogP) is 2.46. The van der Waals surface area contributed by atoms with Gasteiger partial charge in [-0.15, -0.1) is 0 Å². The molecule has 7 heteroatoms. The molecule has 0 radical (unpaired) electrons. The minimum atomic E-state index is -0.488. The van der Waals surface area contributed by atoms with Gasteiger partial charge < -0.3 is 14.7 Å². The Kier molecular flexibility index (Phi) is 5.45. The smallest absolute Gasteiger partial charge is 0.323 e. The van der Waals surface area contributed by atoms with Crippen LogP contribution in [0.4, 0.5) is 10.6 Å². The second-order valence-electron chi connectivity index (χ2n) is 6.06. The molecule has 1 fully saturated rings. The standard InChI is InChI=1S/C18H22N4O3/c1-25-16-11-15(19-12-20-16)21-18(24)22-9-7-14(8-10-22)17(23)13-5-3-2-4-6-13/h2-6,11-12,14,17,23H,7-10H2,1H3,(H,19,20,21,24)/t17-/m1/s1. The normalized spacial score (nSPS) is 16.3. The van der Waals surface area contributed by atoms with Crippen molar-refractivity contribution in [2.45, 2.75) is 18.9 Å². The number of carbonyl (C=O) groups excluding carboxylic acids is 1. The van der Waals surface area contributed by atoms with E-state index in [1.54, 1.807) is 11.0 Å². The monoisotopic (exact) mass is 342 g/mol. The molecule has 0 saturated carbocycles. The Morgan fingerprint density at radius 2 is 2.00 bits per heavy atom. The van der Waals surface area contributed by atoms with Crippen LogP contribution in [0, 0.1) is 5.92 Å². The number of ether oxygens (including phenoxy) is 1. The molecule has 7 nitrogen and oxygen atoms in total. The van der Waals surface area contributed by atoms with Gasteiger partial charge in [-0.05, 0) is 24.3 Å². The summed E-state index contributed by atoms with van der Waals surface area (Å²) >= 11 is 0. The molecule has 1 aromatic heterocycles. The molecule has 3 rings (SSSR count). The third-order valence-corrected chi connectivity index (χ3v) is 4.50. The van der Waals surface area contributed by atoms with Gasteiger partial charge in [0.2, 0.25) is 5.88 Å². The first kappa shape index (κ1) is 17.2. The van der Waals surface area contributed by atoms with Crippen LogP contribution in [0.2, 0.25) is 0 Å². The van der Waals surface area contributed by atoms with Crippen molar-refractivity contribution >= 4 is 11.8 Å². The first-order chi connectivity index (χ1) is 12.2. The highest BCUT2D eigenvalue weighted by molar-refractivity contribution is 5.88. The van der Waals surface area contributed by atoms with Crippen LogP contribution in [0.15, 0.2) is 42.7 Å². The van der Waals surface area contributed by atoms with Crippen molar-refractivity contribution in [2.75, 3.05) is 25.5 Å². The first-order valence-corrected chi connectivity index (χ1v) is 8.32.